The van der Waals surface area contributed by atoms with Gasteiger partial charge in [-0.05, 0) is 54.3 Å². The Morgan fingerprint density at radius 2 is 1.91 bits per heavy atom. The summed E-state index contributed by atoms with van der Waals surface area (Å²) in [4.78, 5) is 3.79. The Kier molecular flexibility index (Phi) is 4.39. The van der Waals surface area contributed by atoms with E-state index in [-0.39, 0.29) is 12.1 Å². The van der Waals surface area contributed by atoms with Crippen LogP contribution < -0.4 is 4.57 Å². The van der Waals surface area contributed by atoms with Gasteiger partial charge < -0.3 is 4.42 Å². The van der Waals surface area contributed by atoms with E-state index in [1.807, 2.05) is 43.7 Å². The number of aromatic nitrogens is 1. The third-order valence-electron chi connectivity index (χ3n) is 7.05. The van der Waals surface area contributed by atoms with E-state index >= 15 is 0 Å². The van der Waals surface area contributed by atoms with Crippen LogP contribution in [0.3, 0.4) is 0 Å². The molecule has 1 aliphatic rings. The Balaban J connectivity index is 1.86. The summed E-state index contributed by atoms with van der Waals surface area (Å²) in [5.74, 6) is -1.88. The summed E-state index contributed by atoms with van der Waals surface area (Å²) >= 11 is 0. The second-order valence-electron chi connectivity index (χ2n) is 9.50. The standard InChI is InChI=1S/C30H33N2O/c1-18(2)22-14-20(4)32(6)27(15-22)29-19(3)12-13-23-25-16-24(21-10-8-7-9-11-21)26(31-5)17-28(25)33-30(23)29/h12-18,21H,7-11H2,1-4,6H3/q+1/i14D,15D,18D,21D. The molecule has 0 aliphatic heterocycles. The second kappa shape index (κ2) is 8.34. The van der Waals surface area contributed by atoms with Gasteiger partial charge >= 0.3 is 0 Å². The summed E-state index contributed by atoms with van der Waals surface area (Å²) in [6, 6.07) is 8.17. The summed E-state index contributed by atoms with van der Waals surface area (Å²) in [7, 11) is 1.85. The Hall–Kier alpha value is -3.12. The number of rotatable bonds is 3. The molecule has 168 valence electrons. The number of nitrogens with zero attached hydrogens (tertiary/aromatic N) is 2. The fourth-order valence-electron chi connectivity index (χ4n) is 5.04. The van der Waals surface area contributed by atoms with E-state index in [4.69, 9.17) is 15.1 Å². The van der Waals surface area contributed by atoms with E-state index in [0.29, 0.717) is 33.8 Å². The number of benzene rings is 2. The van der Waals surface area contributed by atoms with Crippen molar-refractivity contribution in [1.82, 2.24) is 0 Å². The van der Waals surface area contributed by atoms with E-state index in [2.05, 4.69) is 4.85 Å². The molecule has 2 heterocycles. The lowest BCUT2D eigenvalue weighted by molar-refractivity contribution is -0.666. The predicted octanol–water partition coefficient (Wildman–Crippen LogP) is 8.42. The van der Waals surface area contributed by atoms with Crippen LogP contribution in [0.25, 0.3) is 38.0 Å². The Morgan fingerprint density at radius 3 is 2.61 bits per heavy atom. The molecule has 4 aromatic rings. The van der Waals surface area contributed by atoms with Gasteiger partial charge in [-0.3, -0.25) is 0 Å². The van der Waals surface area contributed by atoms with E-state index in [1.165, 1.54) is 0 Å². The molecule has 1 aliphatic carbocycles. The molecule has 0 unspecified atom stereocenters. The van der Waals surface area contributed by atoms with Gasteiger partial charge in [0.25, 0.3) is 0 Å². The highest BCUT2D eigenvalue weighted by Gasteiger charge is 2.25. The SMILES string of the molecule is [2H]c1c(C([2H])(C)C)c([2H])c(-c2c(C)ccc3c2oc2cc([N+]#[C-])c(C4([2H])CCCCC4)cc23)[n+](C)c1C. The average molecular weight is 442 g/mol. The minimum absolute atomic E-state index is 0.156. The van der Waals surface area contributed by atoms with Gasteiger partial charge in [0.15, 0.2) is 11.4 Å². The molecule has 1 fully saturated rings. The zero-order valence-electron chi connectivity index (χ0n) is 24.1. The summed E-state index contributed by atoms with van der Waals surface area (Å²) in [5.41, 5.74) is 5.84. The first-order valence-corrected chi connectivity index (χ1v) is 11.8. The number of aryl methyl sites for hydroxylation is 1. The maximum absolute atomic E-state index is 9.20. The van der Waals surface area contributed by atoms with Gasteiger partial charge in [-0.25, -0.2) is 4.85 Å². The van der Waals surface area contributed by atoms with Crippen LogP contribution in [0.1, 0.15) is 85.6 Å². The lowest BCUT2D eigenvalue weighted by atomic mass is 9.83. The van der Waals surface area contributed by atoms with Gasteiger partial charge in [0.1, 0.15) is 18.2 Å². The number of pyridine rings is 1. The van der Waals surface area contributed by atoms with Crippen LogP contribution in [-0.2, 0) is 7.05 Å². The highest BCUT2D eigenvalue weighted by molar-refractivity contribution is 6.10. The number of fused-ring (bicyclic) bond motifs is 3. The minimum atomic E-state index is -1.11. The first-order chi connectivity index (χ1) is 17.4. The second-order valence-corrected chi connectivity index (χ2v) is 9.50. The summed E-state index contributed by atoms with van der Waals surface area (Å²) in [6.45, 7) is 15.1. The highest BCUT2D eigenvalue weighted by Crippen LogP contribution is 2.44. The fourth-order valence-corrected chi connectivity index (χ4v) is 5.04. The number of furan rings is 1. The smallest absolute Gasteiger partial charge is 0.216 e. The topological polar surface area (TPSA) is 21.4 Å². The lowest BCUT2D eigenvalue weighted by Gasteiger charge is -2.23. The summed E-state index contributed by atoms with van der Waals surface area (Å²) in [6.07, 6.45) is 4.63. The van der Waals surface area contributed by atoms with Crippen molar-refractivity contribution in [2.45, 2.75) is 71.6 Å². The predicted molar refractivity (Wildman–Crippen MR) is 136 cm³/mol. The molecule has 2 aromatic carbocycles. The fraction of sp³-hybridized carbons (Fsp3) is 0.400. The zero-order valence-corrected chi connectivity index (χ0v) is 20.1. The van der Waals surface area contributed by atoms with E-state index in [0.717, 1.165) is 59.6 Å². The van der Waals surface area contributed by atoms with Crippen molar-refractivity contribution in [3.63, 3.8) is 0 Å². The van der Waals surface area contributed by atoms with Crippen molar-refractivity contribution < 1.29 is 14.5 Å². The molecule has 5 rings (SSSR count). The molecule has 3 nitrogen and oxygen atoms in total. The molecule has 1 saturated carbocycles. The van der Waals surface area contributed by atoms with Gasteiger partial charge in [-0.15, -0.1) is 0 Å². The molecule has 0 atom stereocenters. The first kappa shape index (κ1) is 17.4. The van der Waals surface area contributed by atoms with Crippen molar-refractivity contribution in [2.75, 3.05) is 0 Å². The quantitative estimate of drug-likeness (QED) is 0.231. The molecular weight excluding hydrogens is 404 g/mol. The van der Waals surface area contributed by atoms with Crippen molar-refractivity contribution in [2.24, 2.45) is 7.05 Å². The Labute approximate surface area is 202 Å². The summed E-state index contributed by atoms with van der Waals surface area (Å²) in [5, 5.41) is 1.76. The normalized spacial score (nSPS) is 17.9. The van der Waals surface area contributed by atoms with Gasteiger partial charge in [0.05, 0.1) is 14.9 Å². The van der Waals surface area contributed by atoms with Crippen LogP contribution in [0, 0.1) is 20.4 Å². The van der Waals surface area contributed by atoms with Crippen molar-refractivity contribution >= 4 is 27.6 Å². The summed E-state index contributed by atoms with van der Waals surface area (Å²) < 4.78 is 43.9. The molecule has 33 heavy (non-hydrogen) atoms. The molecule has 0 saturated heterocycles. The van der Waals surface area contributed by atoms with Crippen LogP contribution in [-0.4, -0.2) is 0 Å². The lowest BCUT2D eigenvalue weighted by Crippen LogP contribution is -2.35. The van der Waals surface area contributed by atoms with Gasteiger partial charge in [0.2, 0.25) is 5.69 Å². The van der Waals surface area contributed by atoms with Crippen molar-refractivity contribution in [3.05, 3.63) is 70.2 Å². The van der Waals surface area contributed by atoms with E-state index in [9.17, 15) is 1.37 Å². The van der Waals surface area contributed by atoms with Crippen molar-refractivity contribution in [3.8, 4) is 11.3 Å². The van der Waals surface area contributed by atoms with Crippen LogP contribution in [0.4, 0.5) is 5.69 Å². The number of hydrogen-bond donors (Lipinski definition) is 0. The van der Waals surface area contributed by atoms with Gasteiger partial charge in [-0.2, -0.15) is 4.57 Å². The molecule has 0 spiro atoms. The molecule has 0 amide bonds. The molecular formula is C30H33N2O+. The van der Waals surface area contributed by atoms with Gasteiger partial charge in [0, 0.05) is 32.5 Å². The molecule has 2 aromatic heterocycles. The van der Waals surface area contributed by atoms with Crippen molar-refractivity contribution in [1.29, 1.82) is 0 Å². The van der Waals surface area contributed by atoms with Crippen LogP contribution in [0.2, 0.25) is 0 Å². The largest absolute Gasteiger partial charge is 0.456 e. The molecule has 0 N–H and O–H groups in total. The van der Waals surface area contributed by atoms with Gasteiger partial charge in [-0.1, -0.05) is 51.3 Å². The minimum Gasteiger partial charge on any atom is -0.456 e. The van der Waals surface area contributed by atoms with Crippen LogP contribution >= 0.6 is 0 Å². The highest BCUT2D eigenvalue weighted by atomic mass is 16.3. The maximum atomic E-state index is 9.20. The monoisotopic (exact) mass is 441 g/mol. The third kappa shape index (κ3) is 3.62. The molecule has 3 heteroatoms. The van der Waals surface area contributed by atoms with Crippen LogP contribution in [0.5, 0.6) is 0 Å². The van der Waals surface area contributed by atoms with E-state index < -0.39 is 11.8 Å². The maximum Gasteiger partial charge on any atom is 0.216 e. The zero-order chi connectivity index (χ0) is 26.9. The Bertz CT molecular complexity index is 1620. The molecule has 0 bridgehead atoms. The molecule has 0 radical (unpaired) electrons. The first-order valence-electron chi connectivity index (χ1n) is 13.8. The number of hydrogen-bond acceptors (Lipinski definition) is 1. The van der Waals surface area contributed by atoms with E-state index in [1.54, 1.807) is 19.9 Å². The average Bonchev–Trinajstić information content (AvgIpc) is 3.20. The van der Waals surface area contributed by atoms with Crippen LogP contribution in [0.15, 0.2) is 40.8 Å². The Morgan fingerprint density at radius 1 is 1.15 bits per heavy atom. The third-order valence-corrected chi connectivity index (χ3v) is 7.05.